The van der Waals surface area contributed by atoms with Crippen molar-refractivity contribution in [3.05, 3.63) is 29.6 Å². The van der Waals surface area contributed by atoms with Crippen molar-refractivity contribution in [2.45, 2.75) is 32.7 Å². The molecule has 11 nitrogen and oxygen atoms in total. The molecular weight excluding hydrogens is 547 g/mol. The fourth-order valence-corrected chi connectivity index (χ4v) is 7.54. The molecule has 2 heterocycles. The van der Waals surface area contributed by atoms with Crippen molar-refractivity contribution in [2.75, 3.05) is 91.2 Å². The molecule has 0 saturated carbocycles. The van der Waals surface area contributed by atoms with Crippen LogP contribution in [0.4, 0.5) is 0 Å². The fraction of sp³-hybridized carbons (Fsp3) is 0.792. The Kier molecular flexibility index (Phi) is 12.4. The Balaban J connectivity index is 2.26. The third kappa shape index (κ3) is 14.3. The van der Waals surface area contributed by atoms with E-state index in [0.29, 0.717) is 58.9 Å². The van der Waals surface area contributed by atoms with E-state index in [4.69, 9.17) is 0 Å². The minimum atomic E-state index is -3.33. The Morgan fingerprint density at radius 3 is 1.29 bits per heavy atom. The molecule has 1 aliphatic heterocycles. The maximum atomic E-state index is 12.3. The van der Waals surface area contributed by atoms with Crippen LogP contribution in [0.1, 0.15) is 32.0 Å². The lowest BCUT2D eigenvalue weighted by molar-refractivity contribution is 0.148. The summed E-state index contributed by atoms with van der Waals surface area (Å²) in [6, 6.07) is 4.13. The molecule has 3 unspecified atom stereocenters. The lowest BCUT2D eigenvalue weighted by atomic mass is 9.88. The Morgan fingerprint density at radius 2 is 1.03 bits per heavy atom. The normalized spacial score (nSPS) is 23.5. The highest BCUT2D eigenvalue weighted by Crippen LogP contribution is 2.38. The molecule has 3 N–H and O–H groups in total. The fourth-order valence-electron chi connectivity index (χ4n) is 4.47. The monoisotopic (exact) mass is 595 g/mol. The van der Waals surface area contributed by atoms with Gasteiger partial charge in [0, 0.05) is 85.1 Å². The summed E-state index contributed by atoms with van der Waals surface area (Å²) in [6.45, 7) is 15.2. The summed E-state index contributed by atoms with van der Waals surface area (Å²) >= 11 is 0. The summed E-state index contributed by atoms with van der Waals surface area (Å²) < 4.78 is 36.7. The molecule has 2 rings (SSSR count). The first-order valence-electron chi connectivity index (χ1n) is 13.0. The molecule has 0 radical (unpaired) electrons. The van der Waals surface area contributed by atoms with Gasteiger partial charge in [0.05, 0.1) is 24.6 Å². The van der Waals surface area contributed by atoms with Gasteiger partial charge in [0.15, 0.2) is 0 Å². The molecule has 220 valence electrons. The molecule has 1 fully saturated rings. The molecule has 0 aromatic carbocycles. The van der Waals surface area contributed by atoms with Crippen LogP contribution < -0.4 is 0 Å². The van der Waals surface area contributed by atoms with Crippen LogP contribution in [0.25, 0.3) is 0 Å². The van der Waals surface area contributed by atoms with Crippen molar-refractivity contribution < 1.29 is 28.4 Å². The Bertz CT molecular complexity index is 977. The molecule has 1 aromatic rings. The van der Waals surface area contributed by atoms with Gasteiger partial charge in [0.2, 0.25) is 22.1 Å². The largest absolute Gasteiger partial charge is 0.344 e. The number of pyridine rings is 1. The highest BCUT2D eigenvalue weighted by atomic mass is 31.2. The van der Waals surface area contributed by atoms with Crippen LogP contribution in [0.2, 0.25) is 0 Å². The first-order valence-corrected chi connectivity index (χ1v) is 19.9. The maximum absolute atomic E-state index is 12.3. The van der Waals surface area contributed by atoms with Gasteiger partial charge >= 0.3 is 0 Å². The molecule has 14 heteroatoms. The summed E-state index contributed by atoms with van der Waals surface area (Å²) in [5, 5.41) is 0. The van der Waals surface area contributed by atoms with Crippen LogP contribution in [-0.2, 0) is 25.7 Å². The first kappa shape index (κ1) is 33.8. The van der Waals surface area contributed by atoms with Crippen molar-refractivity contribution in [1.82, 2.24) is 24.6 Å². The second-order valence-electron chi connectivity index (χ2n) is 12.0. The third-order valence-electron chi connectivity index (χ3n) is 6.39. The van der Waals surface area contributed by atoms with Crippen LogP contribution in [0.15, 0.2) is 18.3 Å². The molecule has 0 aliphatic carbocycles. The van der Waals surface area contributed by atoms with E-state index in [2.05, 4.69) is 36.7 Å². The lowest BCUT2D eigenvalue weighted by Gasteiger charge is -2.35. The molecular formula is C24H48N5O6P3. The van der Waals surface area contributed by atoms with Crippen molar-refractivity contribution >= 4 is 22.1 Å². The zero-order valence-electron chi connectivity index (χ0n) is 23.9. The Labute approximate surface area is 228 Å². The molecule has 0 bridgehead atoms. The highest BCUT2D eigenvalue weighted by molar-refractivity contribution is 7.57. The predicted octanol–water partition coefficient (Wildman–Crippen LogP) is 2.67. The molecule has 38 heavy (non-hydrogen) atoms. The zero-order valence-corrected chi connectivity index (χ0v) is 26.5. The average Bonchev–Trinajstić information content (AvgIpc) is 2.72. The zero-order chi connectivity index (χ0) is 28.8. The molecule has 1 saturated heterocycles. The Hall–Kier alpha value is -0.440. The van der Waals surface area contributed by atoms with Crippen molar-refractivity contribution in [3.8, 4) is 0 Å². The van der Waals surface area contributed by atoms with Crippen LogP contribution in [0.3, 0.4) is 0 Å². The van der Waals surface area contributed by atoms with Crippen molar-refractivity contribution in [2.24, 2.45) is 0 Å². The number of nitrogens with zero attached hydrogens (tertiary/aromatic N) is 5. The quantitative estimate of drug-likeness (QED) is 0.383. The first-order chi connectivity index (χ1) is 17.3. The summed E-state index contributed by atoms with van der Waals surface area (Å²) in [6.07, 6.45) is 2.01. The summed E-state index contributed by atoms with van der Waals surface area (Å²) in [5.74, 6) is 0. The minimum absolute atomic E-state index is 0.00283. The number of rotatable bonds is 8. The number of hydrogen-bond acceptors (Lipinski definition) is 8. The lowest BCUT2D eigenvalue weighted by Crippen LogP contribution is -2.46. The summed E-state index contributed by atoms with van der Waals surface area (Å²) in [5.41, 5.74) is 2.08. The molecule has 0 amide bonds. The average molecular weight is 596 g/mol. The van der Waals surface area contributed by atoms with E-state index in [0.717, 1.165) is 11.3 Å². The number of aromatic nitrogens is 1. The van der Waals surface area contributed by atoms with Gasteiger partial charge in [-0.05, 0) is 17.0 Å². The van der Waals surface area contributed by atoms with E-state index in [9.17, 15) is 28.4 Å². The van der Waals surface area contributed by atoms with E-state index in [1.165, 1.54) is 20.0 Å². The van der Waals surface area contributed by atoms with E-state index in [1.54, 1.807) is 0 Å². The Morgan fingerprint density at radius 1 is 0.684 bits per heavy atom. The molecule has 3 atom stereocenters. The third-order valence-corrected chi connectivity index (χ3v) is 9.17. The second-order valence-corrected chi connectivity index (χ2v) is 19.2. The summed E-state index contributed by atoms with van der Waals surface area (Å²) in [4.78, 5) is 42.8. The maximum Gasteiger partial charge on any atom is 0.211 e. The number of hydrogen-bond donors (Lipinski definition) is 3. The van der Waals surface area contributed by atoms with Crippen molar-refractivity contribution in [3.63, 3.8) is 0 Å². The topological polar surface area (TPSA) is 138 Å². The smallest absolute Gasteiger partial charge is 0.211 e. The SMILES string of the molecule is CC(C)(C)c1ccc(CN2CCN(CP(C)(=O)O)CCN(CP(C)(=O)O)CCN(CP(C)(=O)O)CC2)nc1. The van der Waals surface area contributed by atoms with Gasteiger partial charge in [-0.25, -0.2) is 0 Å². The van der Waals surface area contributed by atoms with E-state index in [-0.39, 0.29) is 24.3 Å². The van der Waals surface area contributed by atoms with E-state index >= 15 is 0 Å². The second kappa shape index (κ2) is 14.0. The van der Waals surface area contributed by atoms with Crippen LogP contribution in [0, 0.1) is 0 Å². The predicted molar refractivity (Wildman–Crippen MR) is 155 cm³/mol. The molecule has 0 spiro atoms. The van der Waals surface area contributed by atoms with Gasteiger partial charge in [-0.3, -0.25) is 38.3 Å². The van der Waals surface area contributed by atoms with Gasteiger partial charge in [-0.15, -0.1) is 0 Å². The van der Waals surface area contributed by atoms with E-state index < -0.39 is 22.1 Å². The minimum Gasteiger partial charge on any atom is -0.344 e. The van der Waals surface area contributed by atoms with E-state index in [1.807, 2.05) is 27.0 Å². The molecule has 1 aliphatic rings. The van der Waals surface area contributed by atoms with Crippen molar-refractivity contribution in [1.29, 1.82) is 0 Å². The van der Waals surface area contributed by atoms with Gasteiger partial charge in [-0.2, -0.15) is 0 Å². The summed E-state index contributed by atoms with van der Waals surface area (Å²) in [7, 11) is -9.95. The van der Waals surface area contributed by atoms with Gasteiger partial charge in [-0.1, -0.05) is 26.8 Å². The van der Waals surface area contributed by atoms with Crippen LogP contribution in [0.5, 0.6) is 0 Å². The van der Waals surface area contributed by atoms with Crippen LogP contribution in [-0.4, -0.2) is 130 Å². The highest BCUT2D eigenvalue weighted by Gasteiger charge is 2.25. The molecule has 1 aromatic heterocycles. The standard InChI is InChI=1S/C24H48N5O6P3/c1-24(2,3)22-7-8-23(25-17-22)18-26-9-11-27(19-36(4,30)31)13-15-29(21-38(6,34)35)16-14-28(12-10-26)20-37(5,32)33/h7-8,17H,9-16,18-21H2,1-6H3,(H,30,31)(H,32,33)(H,34,35). The van der Waals surface area contributed by atoms with Gasteiger partial charge < -0.3 is 14.7 Å². The van der Waals surface area contributed by atoms with Gasteiger partial charge in [0.1, 0.15) is 0 Å². The van der Waals surface area contributed by atoms with Crippen LogP contribution >= 0.6 is 22.1 Å². The van der Waals surface area contributed by atoms with Gasteiger partial charge in [0.25, 0.3) is 0 Å².